The molecule has 1 heterocycles. The molecule has 0 spiro atoms. The number of hydrogen-bond donors (Lipinski definition) is 2. The predicted molar refractivity (Wildman–Crippen MR) is 114 cm³/mol. The quantitative estimate of drug-likeness (QED) is 0.587. The lowest BCUT2D eigenvalue weighted by Crippen LogP contribution is -2.15. The first kappa shape index (κ1) is 22.2. The number of carbonyl (C=O) groups excluding carboxylic acids is 1. The first-order chi connectivity index (χ1) is 13.3. The van der Waals surface area contributed by atoms with Crippen LogP contribution in [0.2, 0.25) is 0 Å². The Morgan fingerprint density at radius 1 is 1.11 bits per heavy atom. The predicted octanol–water partition coefficient (Wildman–Crippen LogP) is 4.03. The van der Waals surface area contributed by atoms with E-state index in [1.54, 1.807) is 0 Å². The molecular formula is C22H29ClN2O3. The third-order valence-electron chi connectivity index (χ3n) is 4.66. The fourth-order valence-electron chi connectivity index (χ4n) is 3.18. The summed E-state index contributed by atoms with van der Waals surface area (Å²) in [4.78, 5) is 12.1. The van der Waals surface area contributed by atoms with Crippen LogP contribution < -0.4 is 15.4 Å². The summed E-state index contributed by atoms with van der Waals surface area (Å²) in [5.74, 6) is 1.56. The zero-order chi connectivity index (χ0) is 18.7. The van der Waals surface area contributed by atoms with Crippen molar-refractivity contribution in [3.05, 3.63) is 60.2 Å². The van der Waals surface area contributed by atoms with Crippen molar-refractivity contribution in [2.24, 2.45) is 5.92 Å². The standard InChI is InChI=1S/C22H28N2O3.ClH/c25-22(10-9-18-11-12-23-16-18)24-20-6-4-5-19(15-20)17-26-13-14-27-21-7-2-1-3-8-21;/h1-8,15,18,23H,9-14,16-17H2,(H,24,25);1H. The first-order valence-electron chi connectivity index (χ1n) is 9.65. The van der Waals surface area contributed by atoms with E-state index in [9.17, 15) is 4.79 Å². The average molecular weight is 405 g/mol. The Balaban J connectivity index is 0.00000280. The maximum atomic E-state index is 12.1. The minimum absolute atomic E-state index is 0. The zero-order valence-corrected chi connectivity index (χ0v) is 16.9. The molecule has 2 aromatic rings. The number of hydrogen-bond acceptors (Lipinski definition) is 4. The summed E-state index contributed by atoms with van der Waals surface area (Å²) in [6, 6.07) is 17.5. The molecule has 0 saturated carbocycles. The van der Waals surface area contributed by atoms with Crippen LogP contribution in [0.4, 0.5) is 5.69 Å². The van der Waals surface area contributed by atoms with E-state index in [4.69, 9.17) is 9.47 Å². The summed E-state index contributed by atoms with van der Waals surface area (Å²) in [5, 5.41) is 6.33. The van der Waals surface area contributed by atoms with Crippen LogP contribution in [0.15, 0.2) is 54.6 Å². The Morgan fingerprint density at radius 3 is 2.75 bits per heavy atom. The smallest absolute Gasteiger partial charge is 0.224 e. The molecule has 2 aromatic carbocycles. The number of carbonyl (C=O) groups is 1. The van der Waals surface area contributed by atoms with Gasteiger partial charge in [-0.1, -0.05) is 30.3 Å². The minimum Gasteiger partial charge on any atom is -0.491 e. The number of nitrogens with one attached hydrogen (secondary N) is 2. The molecule has 1 unspecified atom stereocenters. The fourth-order valence-corrected chi connectivity index (χ4v) is 3.18. The third-order valence-corrected chi connectivity index (χ3v) is 4.66. The van der Waals surface area contributed by atoms with Crippen molar-refractivity contribution in [1.82, 2.24) is 5.32 Å². The summed E-state index contributed by atoms with van der Waals surface area (Å²) in [6.07, 6.45) is 2.70. The maximum absolute atomic E-state index is 12.1. The van der Waals surface area contributed by atoms with Crippen LogP contribution in [0.3, 0.4) is 0 Å². The van der Waals surface area contributed by atoms with Gasteiger partial charge in [0.2, 0.25) is 5.91 Å². The number of para-hydroxylation sites is 1. The number of halogens is 1. The molecule has 1 amide bonds. The Morgan fingerprint density at radius 2 is 1.96 bits per heavy atom. The Hall–Kier alpha value is -2.08. The van der Waals surface area contributed by atoms with Gasteiger partial charge in [-0.2, -0.15) is 0 Å². The molecule has 3 rings (SSSR count). The molecule has 6 heteroatoms. The third kappa shape index (κ3) is 7.89. The van der Waals surface area contributed by atoms with Gasteiger partial charge >= 0.3 is 0 Å². The molecule has 5 nitrogen and oxygen atoms in total. The summed E-state index contributed by atoms with van der Waals surface area (Å²) in [6.45, 7) is 3.63. The van der Waals surface area contributed by atoms with Crippen LogP contribution in [0.1, 0.15) is 24.8 Å². The first-order valence-corrected chi connectivity index (χ1v) is 9.65. The van der Waals surface area contributed by atoms with Gasteiger partial charge in [0.25, 0.3) is 0 Å². The van der Waals surface area contributed by atoms with Crippen LogP contribution in [-0.2, 0) is 16.1 Å². The van der Waals surface area contributed by atoms with Crippen molar-refractivity contribution in [3.63, 3.8) is 0 Å². The van der Waals surface area contributed by atoms with Crippen molar-refractivity contribution >= 4 is 24.0 Å². The van der Waals surface area contributed by atoms with Crippen LogP contribution in [0, 0.1) is 5.92 Å². The molecule has 1 aliphatic heterocycles. The minimum atomic E-state index is 0. The molecule has 1 aliphatic rings. The summed E-state index contributed by atoms with van der Waals surface area (Å²) in [5.41, 5.74) is 1.86. The SMILES string of the molecule is Cl.O=C(CCC1CCNC1)Nc1cccc(COCCOc2ccccc2)c1. The fraction of sp³-hybridized carbons (Fsp3) is 0.409. The number of rotatable bonds is 10. The normalized spacial score (nSPS) is 15.6. The highest BCUT2D eigenvalue weighted by Crippen LogP contribution is 2.16. The van der Waals surface area contributed by atoms with Crippen molar-refractivity contribution in [2.45, 2.75) is 25.9 Å². The Bertz CT molecular complexity index is 706. The monoisotopic (exact) mass is 404 g/mol. The van der Waals surface area contributed by atoms with Gasteiger partial charge in [-0.05, 0) is 61.7 Å². The maximum Gasteiger partial charge on any atom is 0.224 e. The molecule has 0 bridgehead atoms. The van der Waals surface area contributed by atoms with Gasteiger partial charge in [0.1, 0.15) is 12.4 Å². The molecule has 1 atom stereocenters. The Labute approximate surface area is 173 Å². The zero-order valence-electron chi connectivity index (χ0n) is 16.1. The molecule has 1 fully saturated rings. The largest absolute Gasteiger partial charge is 0.491 e. The lowest BCUT2D eigenvalue weighted by atomic mass is 10.0. The van der Waals surface area contributed by atoms with Crippen LogP contribution in [-0.4, -0.2) is 32.2 Å². The van der Waals surface area contributed by atoms with Crippen LogP contribution in [0.5, 0.6) is 5.75 Å². The van der Waals surface area contributed by atoms with E-state index in [1.165, 1.54) is 6.42 Å². The highest BCUT2D eigenvalue weighted by molar-refractivity contribution is 5.90. The second kappa shape index (κ2) is 12.4. The molecule has 0 aliphatic carbocycles. The van der Waals surface area contributed by atoms with Crippen molar-refractivity contribution in [3.8, 4) is 5.75 Å². The van der Waals surface area contributed by atoms with E-state index in [0.29, 0.717) is 32.2 Å². The van der Waals surface area contributed by atoms with E-state index >= 15 is 0 Å². The topological polar surface area (TPSA) is 59.6 Å². The molecule has 2 N–H and O–H groups in total. The van der Waals surface area contributed by atoms with E-state index in [0.717, 1.165) is 36.5 Å². The molecule has 0 radical (unpaired) electrons. The highest BCUT2D eigenvalue weighted by atomic mass is 35.5. The lowest BCUT2D eigenvalue weighted by molar-refractivity contribution is -0.116. The number of benzene rings is 2. The molecule has 28 heavy (non-hydrogen) atoms. The van der Waals surface area contributed by atoms with Crippen LogP contribution >= 0.6 is 12.4 Å². The lowest BCUT2D eigenvalue weighted by Gasteiger charge is -2.10. The number of anilines is 1. The van der Waals surface area contributed by atoms with Gasteiger partial charge in [-0.15, -0.1) is 12.4 Å². The van der Waals surface area contributed by atoms with Crippen molar-refractivity contribution in [2.75, 3.05) is 31.6 Å². The van der Waals surface area contributed by atoms with E-state index in [2.05, 4.69) is 10.6 Å². The van der Waals surface area contributed by atoms with E-state index in [-0.39, 0.29) is 18.3 Å². The van der Waals surface area contributed by atoms with Gasteiger partial charge in [-0.3, -0.25) is 4.79 Å². The van der Waals surface area contributed by atoms with Gasteiger partial charge in [0, 0.05) is 12.1 Å². The summed E-state index contributed by atoms with van der Waals surface area (Å²) in [7, 11) is 0. The average Bonchev–Trinajstić information content (AvgIpc) is 3.21. The second-order valence-electron chi connectivity index (χ2n) is 6.86. The summed E-state index contributed by atoms with van der Waals surface area (Å²) >= 11 is 0. The van der Waals surface area contributed by atoms with E-state index in [1.807, 2.05) is 54.6 Å². The molecule has 1 saturated heterocycles. The van der Waals surface area contributed by atoms with E-state index < -0.39 is 0 Å². The van der Waals surface area contributed by atoms with Gasteiger partial charge in [-0.25, -0.2) is 0 Å². The van der Waals surface area contributed by atoms with Crippen molar-refractivity contribution < 1.29 is 14.3 Å². The van der Waals surface area contributed by atoms with Crippen molar-refractivity contribution in [1.29, 1.82) is 0 Å². The number of ether oxygens (including phenoxy) is 2. The number of amides is 1. The van der Waals surface area contributed by atoms with Gasteiger partial charge < -0.3 is 20.1 Å². The Kier molecular flexibility index (Phi) is 9.83. The second-order valence-corrected chi connectivity index (χ2v) is 6.86. The summed E-state index contributed by atoms with van der Waals surface area (Å²) < 4.78 is 11.3. The highest BCUT2D eigenvalue weighted by Gasteiger charge is 2.15. The van der Waals surface area contributed by atoms with Crippen LogP contribution in [0.25, 0.3) is 0 Å². The molecular weight excluding hydrogens is 376 g/mol. The molecule has 0 aromatic heterocycles. The van der Waals surface area contributed by atoms with Gasteiger partial charge in [0.15, 0.2) is 0 Å². The molecule has 152 valence electrons. The van der Waals surface area contributed by atoms with Gasteiger partial charge in [0.05, 0.1) is 13.2 Å².